The van der Waals surface area contributed by atoms with Crippen LogP contribution >= 0.6 is 0 Å². The molecule has 0 aliphatic carbocycles. The van der Waals surface area contributed by atoms with Crippen molar-refractivity contribution in [2.24, 2.45) is 0 Å². The van der Waals surface area contributed by atoms with Gasteiger partial charge in [0.1, 0.15) is 0 Å². The lowest BCUT2D eigenvalue weighted by molar-refractivity contribution is 0.0474. The van der Waals surface area contributed by atoms with E-state index >= 15 is 0 Å². The second kappa shape index (κ2) is 9.07. The molecule has 2 aromatic carbocycles. The molecule has 2 aromatic rings. The van der Waals surface area contributed by atoms with E-state index in [2.05, 4.69) is 0 Å². The van der Waals surface area contributed by atoms with Gasteiger partial charge in [0.25, 0.3) is 0 Å². The van der Waals surface area contributed by atoms with Crippen LogP contribution in [-0.4, -0.2) is 57.4 Å². The van der Waals surface area contributed by atoms with Gasteiger partial charge in [-0.15, -0.1) is 0 Å². The summed E-state index contributed by atoms with van der Waals surface area (Å²) in [4.78, 5) is 24.9. The van der Waals surface area contributed by atoms with Gasteiger partial charge in [-0.05, 0) is 55.7 Å². The van der Waals surface area contributed by atoms with Crippen molar-refractivity contribution in [2.45, 2.75) is 25.7 Å². The fraction of sp³-hybridized carbons (Fsp3) is 0.364. The van der Waals surface area contributed by atoms with Crippen LogP contribution < -0.4 is 0 Å². The number of Topliss-reactive ketones (excluding diaryl/α,β-unsaturated/α-hetero) is 1. The van der Waals surface area contributed by atoms with Crippen molar-refractivity contribution in [3.05, 3.63) is 64.2 Å². The molecule has 30 heavy (non-hydrogen) atoms. The number of hydrogen-bond donors (Lipinski definition) is 0. The van der Waals surface area contributed by atoms with Crippen molar-refractivity contribution in [2.75, 3.05) is 32.9 Å². The van der Waals surface area contributed by atoms with Gasteiger partial charge in [0.2, 0.25) is 10.0 Å². The largest absolute Gasteiger partial charge is 0.454 e. The molecule has 0 aromatic heterocycles. The normalized spacial score (nSPS) is 15.0. The number of ether oxygens (including phenoxy) is 2. The summed E-state index contributed by atoms with van der Waals surface area (Å²) >= 11 is 0. The monoisotopic (exact) mass is 431 g/mol. The minimum absolute atomic E-state index is 0.0549. The molecule has 0 saturated carbocycles. The van der Waals surface area contributed by atoms with E-state index in [9.17, 15) is 18.0 Å². The molecule has 1 aliphatic heterocycles. The zero-order chi connectivity index (χ0) is 21.9. The Hall–Kier alpha value is -2.55. The number of morpholine rings is 1. The highest BCUT2D eigenvalue weighted by molar-refractivity contribution is 7.89. The number of sulfonamides is 1. The van der Waals surface area contributed by atoms with Crippen LogP contribution in [0.25, 0.3) is 0 Å². The molecule has 0 unspecified atom stereocenters. The van der Waals surface area contributed by atoms with Crippen molar-refractivity contribution in [1.82, 2.24) is 4.31 Å². The summed E-state index contributed by atoms with van der Waals surface area (Å²) in [6, 6.07) is 9.66. The topological polar surface area (TPSA) is 90.0 Å². The Morgan fingerprint density at radius 2 is 1.57 bits per heavy atom. The third-order valence-electron chi connectivity index (χ3n) is 5.17. The maximum atomic E-state index is 13.0. The molecule has 0 spiro atoms. The Morgan fingerprint density at radius 1 is 0.933 bits per heavy atom. The minimum atomic E-state index is -3.75. The van der Waals surface area contributed by atoms with Gasteiger partial charge < -0.3 is 9.47 Å². The Labute approximate surface area is 176 Å². The molecule has 1 heterocycles. The van der Waals surface area contributed by atoms with E-state index in [1.807, 2.05) is 19.9 Å². The van der Waals surface area contributed by atoms with Crippen LogP contribution in [0.2, 0.25) is 0 Å². The molecule has 160 valence electrons. The maximum absolute atomic E-state index is 13.0. The molecule has 1 fully saturated rings. The first-order valence-corrected chi connectivity index (χ1v) is 11.1. The summed E-state index contributed by atoms with van der Waals surface area (Å²) < 4.78 is 37.6. The predicted octanol–water partition coefficient (Wildman–Crippen LogP) is 2.67. The van der Waals surface area contributed by atoms with Crippen LogP contribution in [0.5, 0.6) is 0 Å². The fourth-order valence-electron chi connectivity index (χ4n) is 3.14. The average Bonchev–Trinajstić information content (AvgIpc) is 2.74. The number of ketones is 1. The van der Waals surface area contributed by atoms with E-state index < -0.39 is 22.6 Å². The van der Waals surface area contributed by atoms with Gasteiger partial charge in [0.05, 0.1) is 23.7 Å². The van der Waals surface area contributed by atoms with Crippen molar-refractivity contribution in [3.63, 3.8) is 0 Å². The second-order valence-electron chi connectivity index (χ2n) is 7.30. The number of hydrogen-bond acceptors (Lipinski definition) is 6. The Bertz CT molecular complexity index is 1070. The van der Waals surface area contributed by atoms with Crippen LogP contribution in [0.1, 0.15) is 37.4 Å². The smallest absolute Gasteiger partial charge is 0.338 e. The summed E-state index contributed by atoms with van der Waals surface area (Å²) in [6.07, 6.45) is 0. The van der Waals surface area contributed by atoms with Crippen molar-refractivity contribution < 1.29 is 27.5 Å². The molecule has 0 atom stereocenters. The molecule has 0 bridgehead atoms. The van der Waals surface area contributed by atoms with Crippen LogP contribution in [0.15, 0.2) is 41.3 Å². The van der Waals surface area contributed by atoms with E-state index in [0.717, 1.165) is 11.1 Å². The molecule has 0 amide bonds. The zero-order valence-corrected chi connectivity index (χ0v) is 18.1. The lowest BCUT2D eigenvalue weighted by Gasteiger charge is -2.26. The first-order valence-electron chi connectivity index (χ1n) is 9.66. The Balaban J connectivity index is 1.74. The van der Waals surface area contributed by atoms with Crippen LogP contribution in [0.4, 0.5) is 0 Å². The van der Waals surface area contributed by atoms with Crippen molar-refractivity contribution in [1.29, 1.82) is 0 Å². The first-order chi connectivity index (χ1) is 14.2. The van der Waals surface area contributed by atoms with Crippen molar-refractivity contribution in [3.8, 4) is 0 Å². The van der Waals surface area contributed by atoms with Gasteiger partial charge >= 0.3 is 5.97 Å². The van der Waals surface area contributed by atoms with E-state index in [4.69, 9.17) is 9.47 Å². The van der Waals surface area contributed by atoms with E-state index in [1.54, 1.807) is 25.1 Å². The SMILES string of the molecule is Cc1ccc(C(=O)COC(=O)c2ccc(C)c(S(=O)(=O)N3CCOCC3)c2)cc1C. The molecule has 0 N–H and O–H groups in total. The molecule has 3 rings (SSSR count). The maximum Gasteiger partial charge on any atom is 0.338 e. The molecule has 1 saturated heterocycles. The lowest BCUT2D eigenvalue weighted by atomic mass is 10.0. The first kappa shape index (κ1) is 22.1. The van der Waals surface area contributed by atoms with Gasteiger partial charge in [-0.2, -0.15) is 4.31 Å². The minimum Gasteiger partial charge on any atom is -0.454 e. The van der Waals surface area contributed by atoms with Gasteiger partial charge in [-0.1, -0.05) is 18.2 Å². The highest BCUT2D eigenvalue weighted by Gasteiger charge is 2.28. The van der Waals surface area contributed by atoms with E-state index in [0.29, 0.717) is 24.3 Å². The molecule has 0 radical (unpaired) electrons. The number of esters is 1. The van der Waals surface area contributed by atoms with Gasteiger partial charge in [0, 0.05) is 18.7 Å². The van der Waals surface area contributed by atoms with Gasteiger partial charge in [0.15, 0.2) is 12.4 Å². The van der Waals surface area contributed by atoms with Gasteiger partial charge in [-0.25, -0.2) is 13.2 Å². The van der Waals surface area contributed by atoms with Crippen LogP contribution in [-0.2, 0) is 19.5 Å². The number of rotatable bonds is 6. The second-order valence-corrected chi connectivity index (χ2v) is 9.20. The zero-order valence-electron chi connectivity index (χ0n) is 17.3. The van der Waals surface area contributed by atoms with E-state index in [-0.39, 0.29) is 29.3 Å². The summed E-state index contributed by atoms with van der Waals surface area (Å²) in [5.41, 5.74) is 3.12. The lowest BCUT2D eigenvalue weighted by Crippen LogP contribution is -2.40. The Morgan fingerprint density at radius 3 is 2.23 bits per heavy atom. The number of carbonyl (C=O) groups is 2. The third kappa shape index (κ3) is 4.77. The molecule has 8 heteroatoms. The highest BCUT2D eigenvalue weighted by atomic mass is 32.2. The summed E-state index contributed by atoms with van der Waals surface area (Å²) in [5.74, 6) is -1.06. The standard InChI is InChI=1S/C22H25NO6S/c1-15-4-6-18(12-17(15)3)20(24)14-29-22(25)19-7-5-16(2)21(13-19)30(26,27)23-8-10-28-11-9-23/h4-7,12-13H,8-11,14H2,1-3H3. The molecular weight excluding hydrogens is 406 g/mol. The average molecular weight is 432 g/mol. The van der Waals surface area contributed by atoms with Crippen molar-refractivity contribution >= 4 is 21.8 Å². The third-order valence-corrected chi connectivity index (χ3v) is 7.22. The fourth-order valence-corrected chi connectivity index (χ4v) is 4.80. The number of carbonyl (C=O) groups excluding carboxylic acids is 2. The number of aryl methyl sites for hydroxylation is 3. The summed E-state index contributed by atoms with van der Waals surface area (Å²) in [6.45, 7) is 6.31. The molecule has 7 nitrogen and oxygen atoms in total. The molecule has 1 aliphatic rings. The predicted molar refractivity (Wildman–Crippen MR) is 111 cm³/mol. The summed E-state index contributed by atoms with van der Waals surface area (Å²) in [7, 11) is -3.75. The highest BCUT2D eigenvalue weighted by Crippen LogP contribution is 2.23. The van der Waals surface area contributed by atoms with Crippen LogP contribution in [0, 0.1) is 20.8 Å². The van der Waals surface area contributed by atoms with E-state index in [1.165, 1.54) is 16.4 Å². The van der Waals surface area contributed by atoms with Gasteiger partial charge in [-0.3, -0.25) is 4.79 Å². The van der Waals surface area contributed by atoms with Crippen LogP contribution in [0.3, 0.4) is 0 Å². The molecular formula is C22H25NO6S. The number of nitrogens with zero attached hydrogens (tertiary/aromatic N) is 1. The quantitative estimate of drug-likeness (QED) is 0.516. The number of benzene rings is 2. The summed E-state index contributed by atoms with van der Waals surface area (Å²) in [5, 5.41) is 0. The Kier molecular flexibility index (Phi) is 6.70.